The Morgan fingerprint density at radius 2 is 2.23 bits per heavy atom. The summed E-state index contributed by atoms with van der Waals surface area (Å²) in [5, 5.41) is 7.57. The first kappa shape index (κ1) is 8.62. The Morgan fingerprint density at radius 3 is 2.92 bits per heavy atom. The normalized spacial score (nSPS) is 11.1. The van der Waals surface area contributed by atoms with Crippen molar-refractivity contribution in [3.63, 3.8) is 0 Å². The van der Waals surface area contributed by atoms with Gasteiger partial charge < -0.3 is 0 Å². The Kier molecular flexibility index (Phi) is 1.83. The number of hydrogen-bond acceptors (Lipinski definition) is 2. The number of hydrogen-bond donors (Lipinski definition) is 0. The zero-order valence-corrected chi connectivity index (χ0v) is 8.76. The first-order valence-electron chi connectivity index (χ1n) is 3.75. The average molecular weight is 244 g/mol. The van der Waals surface area contributed by atoms with Gasteiger partial charge in [0.15, 0.2) is 5.82 Å². The highest BCUT2D eigenvalue weighted by Crippen LogP contribution is 2.25. The molecule has 3 nitrogen and oxygen atoms in total. The minimum absolute atomic E-state index is 0.267. The predicted molar refractivity (Wildman–Crippen MR) is 50.9 cm³/mol. The molecule has 13 heavy (non-hydrogen) atoms. The predicted octanol–water partition coefficient (Wildman–Crippen LogP) is 2.18. The Labute approximate surface area is 82.7 Å². The van der Waals surface area contributed by atoms with Crippen LogP contribution in [0.1, 0.15) is 5.56 Å². The van der Waals surface area contributed by atoms with E-state index in [1.165, 1.54) is 4.68 Å². The van der Waals surface area contributed by atoms with Crippen LogP contribution in [0.5, 0.6) is 0 Å². The zero-order valence-electron chi connectivity index (χ0n) is 7.17. The molecule has 0 aliphatic rings. The molecule has 68 valence electrons. The van der Waals surface area contributed by atoms with Crippen molar-refractivity contribution >= 4 is 27.0 Å². The van der Waals surface area contributed by atoms with Gasteiger partial charge in [0.1, 0.15) is 11.0 Å². The van der Waals surface area contributed by atoms with Gasteiger partial charge in [-0.05, 0) is 13.0 Å². The maximum Gasteiger partial charge on any atom is 0.154 e. The summed E-state index contributed by atoms with van der Waals surface area (Å²) < 4.78 is 15.8. The molecular weight excluding hydrogens is 237 g/mol. The molecule has 0 spiro atoms. The summed E-state index contributed by atoms with van der Waals surface area (Å²) in [5.41, 5.74) is 1.59. The van der Waals surface area contributed by atoms with Crippen LogP contribution in [0.4, 0.5) is 4.39 Å². The Hall–Kier alpha value is -0.970. The highest BCUT2D eigenvalue weighted by Gasteiger charge is 2.12. The second-order valence-corrected chi connectivity index (χ2v) is 3.73. The number of aryl methyl sites for hydroxylation is 1. The molecule has 2 rings (SSSR count). The molecule has 2 aromatic rings. The smallest absolute Gasteiger partial charge is 0.154 e. The Morgan fingerprint density at radius 1 is 1.54 bits per heavy atom. The minimum Gasteiger partial charge on any atom is -0.245 e. The molecule has 0 aliphatic carbocycles. The summed E-state index contributed by atoms with van der Waals surface area (Å²) in [6.07, 6.45) is 0. The lowest BCUT2D eigenvalue weighted by atomic mass is 10.2. The number of aromatic nitrogens is 3. The van der Waals surface area contributed by atoms with Crippen molar-refractivity contribution in [1.29, 1.82) is 0 Å². The van der Waals surface area contributed by atoms with Gasteiger partial charge in [-0.1, -0.05) is 21.1 Å². The van der Waals surface area contributed by atoms with Gasteiger partial charge in [0, 0.05) is 17.1 Å². The molecule has 5 heteroatoms. The second kappa shape index (κ2) is 2.77. The summed E-state index contributed by atoms with van der Waals surface area (Å²) in [6, 6.07) is 1.76. The fourth-order valence-electron chi connectivity index (χ4n) is 1.24. The third-order valence-corrected chi connectivity index (χ3v) is 2.84. The summed E-state index contributed by atoms with van der Waals surface area (Å²) >= 11 is 3.26. The fourth-order valence-corrected chi connectivity index (χ4v) is 1.63. The van der Waals surface area contributed by atoms with Crippen LogP contribution in [-0.4, -0.2) is 15.0 Å². The van der Waals surface area contributed by atoms with E-state index in [1.54, 1.807) is 20.0 Å². The van der Waals surface area contributed by atoms with E-state index < -0.39 is 0 Å². The average Bonchev–Trinajstić information content (AvgIpc) is 2.43. The number of fused-ring (bicyclic) bond motifs is 1. The van der Waals surface area contributed by atoms with Crippen LogP contribution in [-0.2, 0) is 7.05 Å². The van der Waals surface area contributed by atoms with Gasteiger partial charge in [0.05, 0.1) is 0 Å². The van der Waals surface area contributed by atoms with Crippen LogP contribution in [0.25, 0.3) is 11.0 Å². The third-order valence-electron chi connectivity index (χ3n) is 2.01. The van der Waals surface area contributed by atoms with Crippen molar-refractivity contribution in [2.45, 2.75) is 6.92 Å². The molecule has 1 heterocycles. The summed E-state index contributed by atoms with van der Waals surface area (Å²) in [6.45, 7) is 1.71. The maximum atomic E-state index is 13.6. The van der Waals surface area contributed by atoms with E-state index >= 15 is 0 Å². The van der Waals surface area contributed by atoms with Crippen molar-refractivity contribution in [3.8, 4) is 0 Å². The highest BCUT2D eigenvalue weighted by molar-refractivity contribution is 9.10. The molecular formula is C8H7BrFN3. The van der Waals surface area contributed by atoms with Crippen LogP contribution < -0.4 is 0 Å². The van der Waals surface area contributed by atoms with Gasteiger partial charge in [-0.25, -0.2) is 9.07 Å². The van der Waals surface area contributed by atoms with E-state index in [-0.39, 0.29) is 5.82 Å². The molecule has 0 bridgehead atoms. The molecule has 1 aromatic heterocycles. The Bertz CT molecular complexity index is 478. The van der Waals surface area contributed by atoms with Crippen LogP contribution >= 0.6 is 15.9 Å². The fraction of sp³-hybridized carbons (Fsp3) is 0.250. The lowest BCUT2D eigenvalue weighted by Gasteiger charge is -2.01. The van der Waals surface area contributed by atoms with Crippen LogP contribution in [0.3, 0.4) is 0 Å². The van der Waals surface area contributed by atoms with E-state index in [4.69, 9.17) is 0 Å². The molecule has 0 amide bonds. The number of benzene rings is 1. The van der Waals surface area contributed by atoms with Crippen molar-refractivity contribution in [3.05, 3.63) is 21.9 Å². The molecule has 0 saturated heterocycles. The second-order valence-electron chi connectivity index (χ2n) is 2.88. The molecule has 0 N–H and O–H groups in total. The first-order valence-corrected chi connectivity index (χ1v) is 4.54. The van der Waals surface area contributed by atoms with Crippen molar-refractivity contribution in [2.75, 3.05) is 0 Å². The SMILES string of the molecule is Cc1c(Br)cc2nnn(C)c2c1F. The van der Waals surface area contributed by atoms with E-state index in [1.807, 2.05) is 0 Å². The minimum atomic E-state index is -0.267. The number of nitrogens with zero attached hydrogens (tertiary/aromatic N) is 3. The molecule has 0 unspecified atom stereocenters. The van der Waals surface area contributed by atoms with Gasteiger partial charge >= 0.3 is 0 Å². The maximum absolute atomic E-state index is 13.6. The van der Waals surface area contributed by atoms with E-state index in [0.717, 1.165) is 4.47 Å². The first-order chi connectivity index (χ1) is 6.11. The largest absolute Gasteiger partial charge is 0.245 e. The summed E-state index contributed by atoms with van der Waals surface area (Å²) in [4.78, 5) is 0. The van der Waals surface area contributed by atoms with E-state index in [0.29, 0.717) is 16.6 Å². The molecule has 1 aromatic carbocycles. The monoisotopic (exact) mass is 243 g/mol. The number of halogens is 2. The van der Waals surface area contributed by atoms with E-state index in [9.17, 15) is 4.39 Å². The third kappa shape index (κ3) is 1.14. The summed E-state index contributed by atoms with van der Waals surface area (Å²) in [5.74, 6) is -0.267. The van der Waals surface area contributed by atoms with Gasteiger partial charge in [0.2, 0.25) is 0 Å². The molecule has 0 radical (unpaired) electrons. The Balaban J connectivity index is 2.97. The molecule has 0 aliphatic heterocycles. The van der Waals surface area contributed by atoms with Crippen molar-refractivity contribution in [2.24, 2.45) is 7.05 Å². The zero-order chi connectivity index (χ0) is 9.59. The quantitative estimate of drug-likeness (QED) is 0.711. The van der Waals surface area contributed by atoms with Gasteiger partial charge in [-0.2, -0.15) is 0 Å². The van der Waals surface area contributed by atoms with Crippen LogP contribution in [0.15, 0.2) is 10.5 Å². The van der Waals surface area contributed by atoms with Crippen molar-refractivity contribution in [1.82, 2.24) is 15.0 Å². The molecule has 0 fully saturated rings. The van der Waals surface area contributed by atoms with Gasteiger partial charge in [0.25, 0.3) is 0 Å². The number of rotatable bonds is 0. The molecule has 0 saturated carbocycles. The summed E-state index contributed by atoms with van der Waals surface area (Å²) in [7, 11) is 1.67. The van der Waals surface area contributed by atoms with Gasteiger partial charge in [-0.3, -0.25) is 0 Å². The van der Waals surface area contributed by atoms with Crippen LogP contribution in [0, 0.1) is 12.7 Å². The van der Waals surface area contributed by atoms with Crippen molar-refractivity contribution < 1.29 is 4.39 Å². The lowest BCUT2D eigenvalue weighted by molar-refractivity contribution is 0.614. The molecule has 0 atom stereocenters. The highest BCUT2D eigenvalue weighted by atomic mass is 79.9. The topological polar surface area (TPSA) is 30.7 Å². The van der Waals surface area contributed by atoms with Gasteiger partial charge in [-0.15, -0.1) is 5.10 Å². The van der Waals surface area contributed by atoms with E-state index in [2.05, 4.69) is 26.2 Å². The lowest BCUT2D eigenvalue weighted by Crippen LogP contribution is -1.94. The van der Waals surface area contributed by atoms with Crippen LogP contribution in [0.2, 0.25) is 0 Å². The standard InChI is InChI=1S/C8H7BrFN3/c1-4-5(9)3-6-8(7(4)10)13(2)12-11-6/h3H,1-2H3.